The minimum absolute atomic E-state index is 0.688. The van der Waals surface area contributed by atoms with Crippen LogP contribution in [0.15, 0.2) is 12.5 Å². The third kappa shape index (κ3) is 3.30. The summed E-state index contributed by atoms with van der Waals surface area (Å²) in [6, 6.07) is 0.688. The average Bonchev–Trinajstić information content (AvgIpc) is 2.99. The van der Waals surface area contributed by atoms with E-state index in [2.05, 4.69) is 33.6 Å². The largest absolute Gasteiger partial charge is 0.334 e. The van der Waals surface area contributed by atoms with Crippen LogP contribution in [-0.4, -0.2) is 40.1 Å². The molecular formula is C13H24N4. The predicted octanol–water partition coefficient (Wildman–Crippen LogP) is 1.48. The molecule has 1 aromatic rings. The predicted molar refractivity (Wildman–Crippen MR) is 69.9 cm³/mol. The highest BCUT2D eigenvalue weighted by molar-refractivity contribution is 4.98. The third-order valence-electron chi connectivity index (χ3n) is 3.61. The monoisotopic (exact) mass is 236 g/mol. The normalized spacial score (nSPS) is 20.3. The Morgan fingerprint density at radius 2 is 2.41 bits per heavy atom. The van der Waals surface area contributed by atoms with Crippen molar-refractivity contribution in [2.45, 2.75) is 45.8 Å². The van der Waals surface area contributed by atoms with E-state index in [0.717, 1.165) is 26.2 Å². The molecule has 2 heterocycles. The highest BCUT2D eigenvalue weighted by Crippen LogP contribution is 2.10. The molecule has 1 fully saturated rings. The van der Waals surface area contributed by atoms with Crippen LogP contribution in [0.2, 0.25) is 0 Å². The Bertz CT molecular complexity index is 328. The molecule has 4 heteroatoms. The van der Waals surface area contributed by atoms with Crippen LogP contribution in [0.4, 0.5) is 0 Å². The molecule has 0 radical (unpaired) electrons. The topological polar surface area (TPSA) is 33.1 Å². The molecule has 1 unspecified atom stereocenters. The first-order valence-corrected chi connectivity index (χ1v) is 6.78. The summed E-state index contributed by atoms with van der Waals surface area (Å²) in [6.45, 7) is 9.88. The molecule has 0 spiro atoms. The Labute approximate surface area is 104 Å². The van der Waals surface area contributed by atoms with Crippen LogP contribution in [-0.2, 0) is 13.1 Å². The van der Waals surface area contributed by atoms with Crippen LogP contribution in [0, 0.1) is 0 Å². The fraction of sp³-hybridized carbons (Fsp3) is 0.769. The van der Waals surface area contributed by atoms with Gasteiger partial charge in [0, 0.05) is 31.9 Å². The zero-order valence-corrected chi connectivity index (χ0v) is 11.0. The van der Waals surface area contributed by atoms with Crippen LogP contribution < -0.4 is 5.32 Å². The van der Waals surface area contributed by atoms with Gasteiger partial charge in [-0.1, -0.05) is 6.92 Å². The van der Waals surface area contributed by atoms with Gasteiger partial charge in [0.15, 0.2) is 0 Å². The lowest BCUT2D eigenvalue weighted by molar-refractivity contribution is 0.247. The minimum Gasteiger partial charge on any atom is -0.334 e. The van der Waals surface area contributed by atoms with Crippen molar-refractivity contribution in [3.63, 3.8) is 0 Å². The van der Waals surface area contributed by atoms with Crippen molar-refractivity contribution >= 4 is 0 Å². The number of hydrogen-bond donors (Lipinski definition) is 1. The van der Waals surface area contributed by atoms with E-state index >= 15 is 0 Å². The van der Waals surface area contributed by atoms with Crippen molar-refractivity contribution < 1.29 is 0 Å². The molecule has 4 nitrogen and oxygen atoms in total. The molecule has 1 N–H and O–H groups in total. The van der Waals surface area contributed by atoms with Gasteiger partial charge in [-0.2, -0.15) is 0 Å². The van der Waals surface area contributed by atoms with Gasteiger partial charge in [-0.15, -0.1) is 0 Å². The van der Waals surface area contributed by atoms with E-state index in [1.165, 1.54) is 25.1 Å². The quantitative estimate of drug-likeness (QED) is 0.812. The zero-order chi connectivity index (χ0) is 12.1. The lowest BCUT2D eigenvalue weighted by Gasteiger charge is -2.24. The summed E-state index contributed by atoms with van der Waals surface area (Å²) in [7, 11) is 0. The number of rotatable bonds is 6. The van der Waals surface area contributed by atoms with E-state index in [0.29, 0.717) is 6.04 Å². The van der Waals surface area contributed by atoms with E-state index < -0.39 is 0 Å². The molecule has 0 aromatic carbocycles. The Morgan fingerprint density at radius 1 is 1.53 bits per heavy atom. The SMILES string of the molecule is CCN(Cc1cncn1CC)CC1CCCN1. The second-order valence-electron chi connectivity index (χ2n) is 4.79. The fourth-order valence-electron chi connectivity index (χ4n) is 2.52. The van der Waals surface area contributed by atoms with Gasteiger partial charge < -0.3 is 9.88 Å². The molecule has 96 valence electrons. The molecule has 1 atom stereocenters. The lowest BCUT2D eigenvalue weighted by atomic mass is 10.2. The smallest absolute Gasteiger partial charge is 0.0948 e. The molecule has 1 aliphatic heterocycles. The van der Waals surface area contributed by atoms with E-state index in [1.54, 1.807) is 0 Å². The van der Waals surface area contributed by atoms with Gasteiger partial charge in [0.05, 0.1) is 12.0 Å². The van der Waals surface area contributed by atoms with Crippen LogP contribution in [0.3, 0.4) is 0 Å². The Balaban J connectivity index is 1.90. The number of likely N-dealkylation sites (N-methyl/N-ethyl adjacent to an activating group) is 1. The van der Waals surface area contributed by atoms with E-state index in [4.69, 9.17) is 0 Å². The summed E-state index contributed by atoms with van der Waals surface area (Å²) < 4.78 is 2.23. The number of aromatic nitrogens is 2. The summed E-state index contributed by atoms with van der Waals surface area (Å²) in [5.74, 6) is 0. The molecule has 1 saturated heterocycles. The van der Waals surface area contributed by atoms with Gasteiger partial charge in [-0.05, 0) is 32.9 Å². The van der Waals surface area contributed by atoms with Crippen LogP contribution in [0.5, 0.6) is 0 Å². The minimum atomic E-state index is 0.688. The molecule has 1 aromatic heterocycles. The Hall–Kier alpha value is -0.870. The number of hydrogen-bond acceptors (Lipinski definition) is 3. The second kappa shape index (κ2) is 6.17. The summed E-state index contributed by atoms with van der Waals surface area (Å²) in [6.07, 6.45) is 6.57. The van der Waals surface area contributed by atoms with Crippen molar-refractivity contribution in [2.75, 3.05) is 19.6 Å². The van der Waals surface area contributed by atoms with Crippen LogP contribution in [0.25, 0.3) is 0 Å². The first-order valence-electron chi connectivity index (χ1n) is 6.78. The van der Waals surface area contributed by atoms with E-state index in [-0.39, 0.29) is 0 Å². The van der Waals surface area contributed by atoms with Crippen LogP contribution in [0.1, 0.15) is 32.4 Å². The Morgan fingerprint density at radius 3 is 3.06 bits per heavy atom. The molecule has 0 amide bonds. The van der Waals surface area contributed by atoms with Crippen molar-refractivity contribution in [2.24, 2.45) is 0 Å². The van der Waals surface area contributed by atoms with Crippen molar-refractivity contribution in [1.82, 2.24) is 19.8 Å². The Kier molecular flexibility index (Phi) is 4.57. The van der Waals surface area contributed by atoms with Crippen molar-refractivity contribution in [3.05, 3.63) is 18.2 Å². The maximum atomic E-state index is 4.23. The molecular weight excluding hydrogens is 212 g/mol. The molecule has 17 heavy (non-hydrogen) atoms. The van der Waals surface area contributed by atoms with Crippen molar-refractivity contribution in [1.29, 1.82) is 0 Å². The second-order valence-corrected chi connectivity index (χ2v) is 4.79. The fourth-order valence-corrected chi connectivity index (χ4v) is 2.52. The van der Waals surface area contributed by atoms with Crippen molar-refractivity contribution in [3.8, 4) is 0 Å². The number of aryl methyl sites for hydroxylation is 1. The first kappa shape index (κ1) is 12.6. The number of nitrogens with zero attached hydrogens (tertiary/aromatic N) is 3. The lowest BCUT2D eigenvalue weighted by Crippen LogP contribution is -2.37. The van der Waals surface area contributed by atoms with Crippen LogP contribution >= 0.6 is 0 Å². The summed E-state index contributed by atoms with van der Waals surface area (Å²) in [5.41, 5.74) is 1.33. The first-order chi connectivity index (χ1) is 8.33. The summed E-state index contributed by atoms with van der Waals surface area (Å²) in [4.78, 5) is 6.74. The standard InChI is InChI=1S/C13H24N4/c1-3-16(9-12-6-5-7-15-12)10-13-8-14-11-17(13)4-2/h8,11-12,15H,3-7,9-10H2,1-2H3. The van der Waals surface area contributed by atoms with E-state index in [9.17, 15) is 0 Å². The van der Waals surface area contributed by atoms with Gasteiger partial charge >= 0.3 is 0 Å². The van der Waals surface area contributed by atoms with Gasteiger partial charge in [-0.3, -0.25) is 4.90 Å². The summed E-state index contributed by atoms with van der Waals surface area (Å²) >= 11 is 0. The van der Waals surface area contributed by atoms with Gasteiger partial charge in [0.25, 0.3) is 0 Å². The highest BCUT2D eigenvalue weighted by Gasteiger charge is 2.17. The highest BCUT2D eigenvalue weighted by atomic mass is 15.2. The van der Waals surface area contributed by atoms with Gasteiger partial charge in [0.2, 0.25) is 0 Å². The molecule has 1 aliphatic rings. The zero-order valence-electron chi connectivity index (χ0n) is 11.0. The molecule has 0 aliphatic carbocycles. The maximum Gasteiger partial charge on any atom is 0.0948 e. The number of nitrogens with one attached hydrogen (secondary N) is 1. The van der Waals surface area contributed by atoms with E-state index in [1.807, 2.05) is 12.5 Å². The van der Waals surface area contributed by atoms with Gasteiger partial charge in [-0.25, -0.2) is 4.98 Å². The molecule has 0 saturated carbocycles. The molecule has 0 bridgehead atoms. The third-order valence-corrected chi connectivity index (χ3v) is 3.61. The average molecular weight is 236 g/mol. The van der Waals surface area contributed by atoms with Gasteiger partial charge in [0.1, 0.15) is 0 Å². The molecule has 2 rings (SSSR count). The number of imidazole rings is 1. The maximum absolute atomic E-state index is 4.23. The summed E-state index contributed by atoms with van der Waals surface area (Å²) in [5, 5.41) is 3.57.